The first kappa shape index (κ1) is 13.7. The zero-order chi connectivity index (χ0) is 14.2. The highest BCUT2D eigenvalue weighted by atomic mass is 14.9. The van der Waals surface area contributed by atoms with Gasteiger partial charge in [0.2, 0.25) is 0 Å². The molecule has 0 saturated carbocycles. The average molecular weight is 253 g/mol. The molecule has 0 amide bonds. The molecule has 2 aromatic carbocycles. The highest BCUT2D eigenvalue weighted by molar-refractivity contribution is 5.67. The molecule has 19 heavy (non-hydrogen) atoms. The van der Waals surface area contributed by atoms with Gasteiger partial charge in [0.15, 0.2) is 0 Å². The third-order valence-corrected chi connectivity index (χ3v) is 4.27. The molecule has 2 rings (SSSR count). The second-order valence-electron chi connectivity index (χ2n) is 5.54. The van der Waals surface area contributed by atoms with Gasteiger partial charge in [0.1, 0.15) is 0 Å². The molecule has 0 spiro atoms. The fourth-order valence-corrected chi connectivity index (χ4v) is 2.32. The van der Waals surface area contributed by atoms with Gasteiger partial charge in [-0.3, -0.25) is 0 Å². The number of benzene rings is 2. The lowest BCUT2D eigenvalue weighted by atomic mass is 9.97. The summed E-state index contributed by atoms with van der Waals surface area (Å²) in [6, 6.07) is 8.76. The van der Waals surface area contributed by atoms with Crippen LogP contribution in [0, 0.1) is 41.5 Å². The molecule has 0 aliphatic heterocycles. The summed E-state index contributed by atoms with van der Waals surface area (Å²) < 4.78 is 0. The topological polar surface area (TPSA) is 12.0 Å². The molecular weight excluding hydrogens is 230 g/mol. The van der Waals surface area contributed by atoms with Crippen LogP contribution in [0.4, 0.5) is 11.4 Å². The highest BCUT2D eigenvalue weighted by Crippen LogP contribution is 2.28. The molecule has 0 atom stereocenters. The lowest BCUT2D eigenvalue weighted by molar-refractivity contribution is 1.21. The molecule has 1 heteroatoms. The molecular formula is C18H23N. The van der Waals surface area contributed by atoms with Crippen LogP contribution in [-0.2, 0) is 0 Å². The summed E-state index contributed by atoms with van der Waals surface area (Å²) in [6.45, 7) is 13.0. The number of rotatable bonds is 2. The third-order valence-electron chi connectivity index (χ3n) is 4.27. The molecule has 0 aromatic heterocycles. The predicted octanol–water partition coefficient (Wildman–Crippen LogP) is 5.28. The highest BCUT2D eigenvalue weighted by Gasteiger charge is 2.07. The van der Waals surface area contributed by atoms with E-state index in [0.717, 1.165) is 5.69 Å². The molecule has 1 N–H and O–H groups in total. The second-order valence-corrected chi connectivity index (χ2v) is 5.54. The van der Waals surface area contributed by atoms with Crippen LogP contribution >= 0.6 is 0 Å². The van der Waals surface area contributed by atoms with Crippen LogP contribution in [0.3, 0.4) is 0 Å². The standard InChI is InChI=1S/C18H23N/c1-11-7-8-17(9-12(11)2)19-18-10-13(3)14(4)15(5)16(18)6/h7-10,19H,1-6H3. The van der Waals surface area contributed by atoms with E-state index in [9.17, 15) is 0 Å². The first-order valence-electron chi connectivity index (χ1n) is 6.82. The Balaban J connectivity index is 2.41. The monoisotopic (exact) mass is 253 g/mol. The maximum absolute atomic E-state index is 3.55. The molecule has 0 heterocycles. The summed E-state index contributed by atoms with van der Waals surface area (Å²) >= 11 is 0. The van der Waals surface area contributed by atoms with E-state index in [-0.39, 0.29) is 0 Å². The van der Waals surface area contributed by atoms with Crippen molar-refractivity contribution < 1.29 is 0 Å². The van der Waals surface area contributed by atoms with Gasteiger partial charge in [-0.05, 0) is 93.1 Å². The van der Waals surface area contributed by atoms with Gasteiger partial charge in [-0.15, -0.1) is 0 Å². The molecule has 0 saturated heterocycles. The molecule has 0 fully saturated rings. The normalized spacial score (nSPS) is 10.6. The zero-order valence-electron chi connectivity index (χ0n) is 12.8. The molecule has 1 nitrogen and oxygen atoms in total. The van der Waals surface area contributed by atoms with Gasteiger partial charge in [-0.2, -0.15) is 0 Å². The zero-order valence-corrected chi connectivity index (χ0v) is 12.8. The predicted molar refractivity (Wildman–Crippen MR) is 84.6 cm³/mol. The molecule has 0 aliphatic carbocycles. The maximum Gasteiger partial charge on any atom is 0.0419 e. The van der Waals surface area contributed by atoms with Crippen LogP contribution in [-0.4, -0.2) is 0 Å². The van der Waals surface area contributed by atoms with Crippen molar-refractivity contribution in [3.8, 4) is 0 Å². The number of hydrogen-bond donors (Lipinski definition) is 1. The van der Waals surface area contributed by atoms with Crippen molar-refractivity contribution in [2.24, 2.45) is 0 Å². The van der Waals surface area contributed by atoms with E-state index >= 15 is 0 Å². The van der Waals surface area contributed by atoms with Gasteiger partial charge in [0.05, 0.1) is 0 Å². The quantitative estimate of drug-likeness (QED) is 0.767. The van der Waals surface area contributed by atoms with E-state index < -0.39 is 0 Å². The van der Waals surface area contributed by atoms with Crippen molar-refractivity contribution in [2.75, 3.05) is 5.32 Å². The van der Waals surface area contributed by atoms with Crippen molar-refractivity contribution in [1.29, 1.82) is 0 Å². The van der Waals surface area contributed by atoms with Crippen LogP contribution in [0.1, 0.15) is 33.4 Å². The van der Waals surface area contributed by atoms with Gasteiger partial charge in [0, 0.05) is 11.4 Å². The molecule has 0 bridgehead atoms. The molecule has 0 aliphatic rings. The Hall–Kier alpha value is -1.76. The van der Waals surface area contributed by atoms with Crippen molar-refractivity contribution in [1.82, 2.24) is 0 Å². The van der Waals surface area contributed by atoms with Gasteiger partial charge in [-0.1, -0.05) is 6.07 Å². The van der Waals surface area contributed by atoms with E-state index in [4.69, 9.17) is 0 Å². The van der Waals surface area contributed by atoms with Crippen molar-refractivity contribution in [3.05, 3.63) is 57.6 Å². The summed E-state index contributed by atoms with van der Waals surface area (Å²) in [7, 11) is 0. The summed E-state index contributed by atoms with van der Waals surface area (Å²) in [4.78, 5) is 0. The van der Waals surface area contributed by atoms with Gasteiger partial charge < -0.3 is 5.32 Å². The molecule has 0 unspecified atom stereocenters. The molecule has 100 valence electrons. The summed E-state index contributed by atoms with van der Waals surface area (Å²) in [5.74, 6) is 0. The van der Waals surface area contributed by atoms with E-state index in [0.29, 0.717) is 0 Å². The van der Waals surface area contributed by atoms with Crippen LogP contribution < -0.4 is 5.32 Å². The lowest BCUT2D eigenvalue weighted by Gasteiger charge is -2.16. The minimum atomic E-state index is 1.16. The van der Waals surface area contributed by atoms with Gasteiger partial charge in [-0.25, -0.2) is 0 Å². The Bertz CT molecular complexity index is 624. The van der Waals surface area contributed by atoms with Crippen molar-refractivity contribution in [3.63, 3.8) is 0 Å². The Labute approximate surface area is 116 Å². The number of nitrogens with one attached hydrogen (secondary N) is 1. The second kappa shape index (κ2) is 5.08. The number of hydrogen-bond acceptors (Lipinski definition) is 1. The SMILES string of the molecule is Cc1ccc(Nc2cc(C)c(C)c(C)c2C)cc1C. The van der Waals surface area contributed by atoms with E-state index in [1.54, 1.807) is 0 Å². The Morgan fingerprint density at radius 2 is 1.32 bits per heavy atom. The summed E-state index contributed by atoms with van der Waals surface area (Å²) in [5, 5.41) is 3.55. The van der Waals surface area contributed by atoms with Gasteiger partial charge >= 0.3 is 0 Å². The molecule has 2 aromatic rings. The summed E-state index contributed by atoms with van der Waals surface area (Å²) in [5.41, 5.74) is 10.5. The smallest absolute Gasteiger partial charge is 0.0419 e. The van der Waals surface area contributed by atoms with Gasteiger partial charge in [0.25, 0.3) is 0 Å². The first-order valence-corrected chi connectivity index (χ1v) is 6.82. The number of anilines is 2. The first-order chi connectivity index (χ1) is 8.90. The largest absolute Gasteiger partial charge is 0.355 e. The van der Waals surface area contributed by atoms with Crippen molar-refractivity contribution >= 4 is 11.4 Å². The fraction of sp³-hybridized carbons (Fsp3) is 0.333. The molecule has 0 radical (unpaired) electrons. The van der Waals surface area contributed by atoms with Crippen molar-refractivity contribution in [2.45, 2.75) is 41.5 Å². The van der Waals surface area contributed by atoms with E-state index in [2.05, 4.69) is 71.1 Å². The fourth-order valence-electron chi connectivity index (χ4n) is 2.32. The average Bonchev–Trinajstić information content (AvgIpc) is 2.38. The minimum Gasteiger partial charge on any atom is -0.355 e. The van der Waals surface area contributed by atoms with Crippen LogP contribution in [0.15, 0.2) is 24.3 Å². The Morgan fingerprint density at radius 3 is 1.95 bits per heavy atom. The maximum atomic E-state index is 3.55. The lowest BCUT2D eigenvalue weighted by Crippen LogP contribution is -1.99. The summed E-state index contributed by atoms with van der Waals surface area (Å²) in [6.07, 6.45) is 0. The van der Waals surface area contributed by atoms with Crippen LogP contribution in [0.25, 0.3) is 0 Å². The third kappa shape index (κ3) is 2.65. The number of aryl methyl sites for hydroxylation is 3. The van der Waals surface area contributed by atoms with E-state index in [1.165, 1.54) is 39.1 Å². The Kier molecular flexibility index (Phi) is 3.66. The van der Waals surface area contributed by atoms with Crippen LogP contribution in [0.5, 0.6) is 0 Å². The van der Waals surface area contributed by atoms with E-state index in [1.807, 2.05) is 0 Å². The van der Waals surface area contributed by atoms with Crippen LogP contribution in [0.2, 0.25) is 0 Å². The Morgan fingerprint density at radius 1 is 0.632 bits per heavy atom. The minimum absolute atomic E-state index is 1.16.